The molecule has 0 amide bonds. The van der Waals surface area contributed by atoms with E-state index >= 15 is 0 Å². The summed E-state index contributed by atoms with van der Waals surface area (Å²) in [6.07, 6.45) is -15.3. The Morgan fingerprint density at radius 2 is 1.42 bits per heavy atom. The van der Waals surface area contributed by atoms with Crippen molar-refractivity contribution < 1.29 is 109 Å². The van der Waals surface area contributed by atoms with E-state index in [1.165, 1.54) is 12.5 Å². The molecule has 420 valence electrons. The van der Waals surface area contributed by atoms with E-state index in [9.17, 15) is 61.3 Å². The van der Waals surface area contributed by atoms with Crippen LogP contribution in [0.5, 0.6) is 0 Å². The molecule has 9 aliphatic rings. The Bertz CT molecular complexity index is 1900. The fourth-order valence-electron chi connectivity index (χ4n) is 15.0. The van der Waals surface area contributed by atoms with Gasteiger partial charge in [-0.25, -0.2) is 0 Å². The minimum absolute atomic E-state index is 0.00536. The molecule has 22 heteroatoms. The summed E-state index contributed by atoms with van der Waals surface area (Å²) in [5.74, 6) is 0.893. The third-order valence-electron chi connectivity index (χ3n) is 19.5. The Labute approximate surface area is 426 Å². The van der Waals surface area contributed by atoms with Crippen molar-refractivity contribution in [1.29, 1.82) is 0 Å². The summed E-state index contributed by atoms with van der Waals surface area (Å²) < 4.78 is 61.1. The molecule has 73 heavy (non-hydrogen) atoms. The monoisotopic (exact) mass is 1050 g/mol. The van der Waals surface area contributed by atoms with Gasteiger partial charge in [-0.05, 0) is 98.7 Å². The Hall–Kier alpha value is -1.14. The Balaban J connectivity index is 0.851. The zero-order valence-electron chi connectivity index (χ0n) is 42.9. The number of aliphatic hydroxyl groups excluding tert-OH is 11. The molecule has 0 radical (unpaired) electrons. The smallest absolute Gasteiger partial charge is 0.187 e. The molecule has 29 atom stereocenters. The maximum atomic E-state index is 12.0. The van der Waals surface area contributed by atoms with Gasteiger partial charge in [0.1, 0.15) is 78.8 Å². The van der Waals surface area contributed by atoms with Crippen LogP contribution in [0.1, 0.15) is 92.4 Å². The highest BCUT2D eigenvalue weighted by Gasteiger charge is 2.68. The molecule has 0 aromatic carbocycles. The third kappa shape index (κ3) is 9.94. The normalized spacial score (nSPS) is 54.3. The first-order valence-electron chi connectivity index (χ1n) is 26.7. The van der Waals surface area contributed by atoms with Crippen molar-refractivity contribution in [3.05, 3.63) is 11.6 Å². The predicted molar refractivity (Wildman–Crippen MR) is 249 cm³/mol. The van der Waals surface area contributed by atoms with Gasteiger partial charge in [0.05, 0.1) is 51.3 Å². The molecule has 12 N–H and O–H groups in total. The minimum atomic E-state index is -2.04. The third-order valence-corrected chi connectivity index (χ3v) is 19.5. The van der Waals surface area contributed by atoms with Crippen molar-refractivity contribution in [2.75, 3.05) is 40.1 Å². The van der Waals surface area contributed by atoms with E-state index in [4.69, 9.17) is 47.4 Å². The fourth-order valence-corrected chi connectivity index (χ4v) is 15.0. The van der Waals surface area contributed by atoms with Crippen molar-refractivity contribution in [2.45, 2.75) is 221 Å². The zero-order chi connectivity index (χ0) is 52.7. The van der Waals surface area contributed by atoms with Crippen LogP contribution in [0.3, 0.4) is 0 Å². The summed E-state index contributed by atoms with van der Waals surface area (Å²) in [5, 5.41) is 126. The summed E-state index contributed by atoms with van der Waals surface area (Å²) in [5.41, 5.74) is -0.844. The second kappa shape index (κ2) is 21.8. The Morgan fingerprint density at radius 3 is 2.11 bits per heavy atom. The second-order valence-electron chi connectivity index (χ2n) is 23.7. The highest BCUT2D eigenvalue weighted by Crippen LogP contribution is 2.70. The minimum Gasteiger partial charge on any atom is -0.394 e. The molecule has 0 aromatic rings. The van der Waals surface area contributed by atoms with Crippen molar-refractivity contribution in [3.8, 4) is 0 Å². The van der Waals surface area contributed by atoms with Crippen molar-refractivity contribution in [2.24, 2.45) is 46.3 Å². The SMILES string of the molecule is COC1(CCC(C)COC2OC(CO)C(O)C(O)C2O)OC2CC3C4CC=C5CC(OC6OC(CO)C(OC7OCC(O)(CO)C7O)C(O)C6OC6OC(C)C(O)C(O)C6O)CCC5(C)C4CCC3(C)C2C1C. The van der Waals surface area contributed by atoms with E-state index < -0.39 is 148 Å². The van der Waals surface area contributed by atoms with Crippen molar-refractivity contribution in [3.63, 3.8) is 0 Å². The van der Waals surface area contributed by atoms with Crippen molar-refractivity contribution >= 4 is 0 Å². The molecule has 3 saturated carbocycles. The first-order chi connectivity index (χ1) is 34.6. The van der Waals surface area contributed by atoms with Crippen LogP contribution < -0.4 is 0 Å². The average Bonchev–Trinajstić information content (AvgIpc) is 3.95. The molecule has 9 rings (SSSR count). The molecule has 4 aliphatic carbocycles. The Morgan fingerprint density at radius 1 is 0.740 bits per heavy atom. The van der Waals surface area contributed by atoms with Gasteiger partial charge in [0.25, 0.3) is 0 Å². The van der Waals surface area contributed by atoms with E-state index in [1.54, 1.807) is 7.11 Å². The second-order valence-corrected chi connectivity index (χ2v) is 23.7. The highest BCUT2D eigenvalue weighted by molar-refractivity contribution is 5.26. The average molecular weight is 1050 g/mol. The molecule has 22 nitrogen and oxygen atoms in total. The number of aliphatic hydroxyl groups is 12. The van der Waals surface area contributed by atoms with Gasteiger partial charge in [-0.15, -0.1) is 0 Å². The topological polar surface area (TPSA) is 335 Å². The lowest BCUT2D eigenvalue weighted by molar-refractivity contribution is -0.379. The largest absolute Gasteiger partial charge is 0.394 e. The number of methoxy groups -OCH3 is 1. The molecule has 5 aliphatic heterocycles. The van der Waals surface area contributed by atoms with Crippen LogP contribution in [0.25, 0.3) is 0 Å². The standard InChI is InChI=1S/C51H84O22/c1-22(19-65-44-38(59)37(58)35(56)31(17-52)69-44)9-14-51(64-6)23(2)33-30(73-51)16-29-27-8-7-25-15-26(10-12-48(25,4)28(27)11-13-49(29,33)5)68-46-42(72-45-39(60)36(57)34(55)24(3)67-45)40(61)41(32(18-53)70-46)71-47-43(62)50(63,20-54)21-66-47/h7,22-24,26-47,52-63H,8-21H2,1-6H3. The maximum absolute atomic E-state index is 12.0. The van der Waals surface area contributed by atoms with Crippen LogP contribution in [-0.2, 0) is 47.4 Å². The van der Waals surface area contributed by atoms with Gasteiger partial charge < -0.3 is 109 Å². The molecule has 5 heterocycles. The first kappa shape index (κ1) is 56.6. The number of hydrogen-bond acceptors (Lipinski definition) is 22. The number of rotatable bonds is 16. The van der Waals surface area contributed by atoms with Gasteiger partial charge in [0.15, 0.2) is 30.9 Å². The summed E-state index contributed by atoms with van der Waals surface area (Å²) in [7, 11) is 1.72. The van der Waals surface area contributed by atoms with E-state index in [0.717, 1.165) is 32.1 Å². The van der Waals surface area contributed by atoms with Crippen LogP contribution in [0.4, 0.5) is 0 Å². The highest BCUT2D eigenvalue weighted by atomic mass is 16.8. The van der Waals surface area contributed by atoms with Crippen LogP contribution in [0, 0.1) is 46.3 Å². The summed E-state index contributed by atoms with van der Waals surface area (Å²) >= 11 is 0. The van der Waals surface area contributed by atoms with Gasteiger partial charge in [-0.3, -0.25) is 0 Å². The van der Waals surface area contributed by atoms with Gasteiger partial charge in [0, 0.05) is 19.4 Å². The van der Waals surface area contributed by atoms with Crippen LogP contribution in [0.15, 0.2) is 11.6 Å². The Kier molecular flexibility index (Phi) is 16.9. The van der Waals surface area contributed by atoms with E-state index in [0.29, 0.717) is 43.4 Å². The van der Waals surface area contributed by atoms with Gasteiger partial charge in [0.2, 0.25) is 0 Å². The molecule has 8 fully saturated rings. The lowest BCUT2D eigenvalue weighted by Crippen LogP contribution is -2.65. The number of hydrogen-bond donors (Lipinski definition) is 12. The number of fused-ring (bicyclic) bond motifs is 7. The summed E-state index contributed by atoms with van der Waals surface area (Å²) in [4.78, 5) is 0. The van der Waals surface area contributed by atoms with Gasteiger partial charge >= 0.3 is 0 Å². The summed E-state index contributed by atoms with van der Waals surface area (Å²) in [6, 6.07) is 0. The molecule has 29 unspecified atom stereocenters. The van der Waals surface area contributed by atoms with Crippen molar-refractivity contribution in [1.82, 2.24) is 0 Å². The quantitative estimate of drug-likeness (QED) is 0.0766. The van der Waals surface area contributed by atoms with E-state index in [1.807, 2.05) is 6.92 Å². The zero-order valence-corrected chi connectivity index (χ0v) is 42.9. The molecule has 0 aromatic heterocycles. The van der Waals surface area contributed by atoms with Gasteiger partial charge in [-0.1, -0.05) is 39.3 Å². The van der Waals surface area contributed by atoms with Gasteiger partial charge in [-0.2, -0.15) is 0 Å². The van der Waals surface area contributed by atoms with Crippen LogP contribution in [-0.4, -0.2) is 230 Å². The number of ether oxygens (including phenoxy) is 10. The predicted octanol–water partition coefficient (Wildman–Crippen LogP) is -1.71. The molecule has 0 spiro atoms. The van der Waals surface area contributed by atoms with Crippen LogP contribution in [0.2, 0.25) is 0 Å². The van der Waals surface area contributed by atoms with Crippen LogP contribution >= 0.6 is 0 Å². The number of allylic oxidation sites excluding steroid dienone is 1. The lowest BCUT2D eigenvalue weighted by Gasteiger charge is -2.58. The molecule has 0 bridgehead atoms. The maximum Gasteiger partial charge on any atom is 0.187 e. The fraction of sp³-hybridized carbons (Fsp3) is 0.961. The lowest BCUT2D eigenvalue weighted by atomic mass is 9.47. The molecule has 5 saturated heterocycles. The summed E-state index contributed by atoms with van der Waals surface area (Å²) in [6.45, 7) is 8.30. The molecular weight excluding hydrogens is 965 g/mol. The molecular formula is C51H84O22. The van der Waals surface area contributed by atoms with E-state index in [-0.39, 0.29) is 41.3 Å². The van der Waals surface area contributed by atoms with E-state index in [2.05, 4.69) is 26.8 Å². The first-order valence-corrected chi connectivity index (χ1v) is 26.7.